The van der Waals surface area contributed by atoms with Gasteiger partial charge in [-0.3, -0.25) is 0 Å². The molecule has 2 unspecified atom stereocenters. The SMILES string of the molecule is CCN1CCC(c2nc3cccnc3n2CC2CCNC2)C1. The van der Waals surface area contributed by atoms with Gasteiger partial charge in [0.1, 0.15) is 11.3 Å². The molecule has 0 radical (unpaired) electrons. The molecule has 2 aromatic rings. The summed E-state index contributed by atoms with van der Waals surface area (Å²) < 4.78 is 2.41. The molecule has 0 amide bonds. The van der Waals surface area contributed by atoms with Crippen molar-refractivity contribution in [1.29, 1.82) is 0 Å². The fraction of sp³-hybridized carbons (Fsp3) is 0.647. The van der Waals surface area contributed by atoms with Crippen molar-refractivity contribution in [3.63, 3.8) is 0 Å². The summed E-state index contributed by atoms with van der Waals surface area (Å²) in [5.74, 6) is 2.53. The summed E-state index contributed by atoms with van der Waals surface area (Å²) in [4.78, 5) is 12.1. The summed E-state index contributed by atoms with van der Waals surface area (Å²) in [6, 6.07) is 4.09. The molecule has 5 heteroatoms. The maximum absolute atomic E-state index is 4.96. The first-order valence-electron chi connectivity index (χ1n) is 8.59. The number of rotatable bonds is 4. The Labute approximate surface area is 131 Å². The van der Waals surface area contributed by atoms with Crippen LogP contribution < -0.4 is 5.32 Å². The Bertz CT molecular complexity index is 644. The van der Waals surface area contributed by atoms with Crippen LogP contribution in [0.3, 0.4) is 0 Å². The third-order valence-electron chi connectivity index (χ3n) is 5.22. The Balaban J connectivity index is 1.69. The number of fused-ring (bicyclic) bond motifs is 1. The average molecular weight is 299 g/mol. The summed E-state index contributed by atoms with van der Waals surface area (Å²) >= 11 is 0. The summed E-state index contributed by atoms with van der Waals surface area (Å²) in [7, 11) is 0. The summed E-state index contributed by atoms with van der Waals surface area (Å²) in [6.07, 6.45) is 4.38. The quantitative estimate of drug-likeness (QED) is 0.936. The molecule has 2 saturated heterocycles. The minimum atomic E-state index is 0.559. The molecule has 1 N–H and O–H groups in total. The van der Waals surface area contributed by atoms with Gasteiger partial charge in [-0.15, -0.1) is 0 Å². The lowest BCUT2D eigenvalue weighted by atomic mass is 10.1. The molecule has 4 heterocycles. The number of likely N-dealkylation sites (tertiary alicyclic amines) is 1. The van der Waals surface area contributed by atoms with Gasteiger partial charge in [0, 0.05) is 25.2 Å². The Kier molecular flexibility index (Phi) is 3.84. The van der Waals surface area contributed by atoms with Crippen LogP contribution in [0.4, 0.5) is 0 Å². The Morgan fingerprint density at radius 2 is 2.32 bits per heavy atom. The van der Waals surface area contributed by atoms with Crippen LogP contribution in [-0.2, 0) is 6.54 Å². The van der Waals surface area contributed by atoms with Crippen molar-refractivity contribution in [3.05, 3.63) is 24.2 Å². The maximum Gasteiger partial charge on any atom is 0.160 e. The van der Waals surface area contributed by atoms with E-state index in [-0.39, 0.29) is 0 Å². The summed E-state index contributed by atoms with van der Waals surface area (Å²) in [5, 5.41) is 3.48. The minimum absolute atomic E-state index is 0.559. The van der Waals surface area contributed by atoms with Crippen molar-refractivity contribution in [2.45, 2.75) is 32.2 Å². The molecule has 118 valence electrons. The molecule has 0 aliphatic carbocycles. The number of hydrogen-bond acceptors (Lipinski definition) is 4. The molecule has 2 aliphatic heterocycles. The van der Waals surface area contributed by atoms with Gasteiger partial charge in [-0.05, 0) is 57.1 Å². The first-order valence-corrected chi connectivity index (χ1v) is 8.59. The van der Waals surface area contributed by atoms with Crippen LogP contribution in [-0.4, -0.2) is 52.2 Å². The zero-order valence-corrected chi connectivity index (χ0v) is 13.3. The second kappa shape index (κ2) is 5.97. The number of nitrogens with one attached hydrogen (secondary N) is 1. The van der Waals surface area contributed by atoms with Crippen molar-refractivity contribution in [2.24, 2.45) is 5.92 Å². The number of aromatic nitrogens is 3. The lowest BCUT2D eigenvalue weighted by molar-refractivity contribution is 0.350. The van der Waals surface area contributed by atoms with E-state index in [1.165, 1.54) is 25.2 Å². The van der Waals surface area contributed by atoms with Crippen LogP contribution in [0.2, 0.25) is 0 Å². The molecular formula is C17H25N5. The molecular weight excluding hydrogens is 274 g/mol. The zero-order chi connectivity index (χ0) is 14.9. The molecule has 0 aromatic carbocycles. The topological polar surface area (TPSA) is 46.0 Å². The molecule has 2 fully saturated rings. The first kappa shape index (κ1) is 14.2. The molecule has 5 nitrogen and oxygen atoms in total. The summed E-state index contributed by atoms with van der Waals surface area (Å²) in [5.41, 5.74) is 2.12. The molecule has 2 atom stereocenters. The predicted molar refractivity (Wildman–Crippen MR) is 88.0 cm³/mol. The number of pyridine rings is 1. The van der Waals surface area contributed by atoms with E-state index in [9.17, 15) is 0 Å². The van der Waals surface area contributed by atoms with E-state index in [4.69, 9.17) is 4.98 Å². The van der Waals surface area contributed by atoms with E-state index >= 15 is 0 Å². The number of likely N-dealkylation sites (N-methyl/N-ethyl adjacent to an activating group) is 1. The van der Waals surface area contributed by atoms with E-state index < -0.39 is 0 Å². The lowest BCUT2D eigenvalue weighted by Crippen LogP contribution is -2.21. The number of hydrogen-bond donors (Lipinski definition) is 1. The number of imidazole rings is 1. The van der Waals surface area contributed by atoms with Gasteiger partial charge in [0.05, 0.1) is 0 Å². The van der Waals surface area contributed by atoms with Gasteiger partial charge in [0.25, 0.3) is 0 Å². The average Bonchev–Trinajstić information content (AvgIpc) is 3.27. The largest absolute Gasteiger partial charge is 0.316 e. The lowest BCUT2D eigenvalue weighted by Gasteiger charge is -2.17. The van der Waals surface area contributed by atoms with Gasteiger partial charge in [-0.1, -0.05) is 6.92 Å². The molecule has 2 aliphatic rings. The second-order valence-corrected chi connectivity index (χ2v) is 6.66. The van der Waals surface area contributed by atoms with Gasteiger partial charge >= 0.3 is 0 Å². The van der Waals surface area contributed by atoms with Crippen molar-refractivity contribution in [3.8, 4) is 0 Å². The van der Waals surface area contributed by atoms with Crippen LogP contribution in [0.15, 0.2) is 18.3 Å². The van der Waals surface area contributed by atoms with E-state index in [0.717, 1.165) is 43.9 Å². The van der Waals surface area contributed by atoms with Crippen LogP contribution >= 0.6 is 0 Å². The maximum atomic E-state index is 4.96. The minimum Gasteiger partial charge on any atom is -0.316 e. The second-order valence-electron chi connectivity index (χ2n) is 6.66. The Morgan fingerprint density at radius 3 is 3.09 bits per heavy atom. The highest BCUT2D eigenvalue weighted by atomic mass is 15.2. The van der Waals surface area contributed by atoms with Gasteiger partial charge in [-0.2, -0.15) is 0 Å². The third kappa shape index (κ3) is 2.52. The van der Waals surface area contributed by atoms with Gasteiger partial charge < -0.3 is 14.8 Å². The van der Waals surface area contributed by atoms with E-state index in [1.807, 2.05) is 12.3 Å². The predicted octanol–water partition coefficient (Wildman–Crippen LogP) is 1.85. The Hall–Kier alpha value is -1.46. The highest BCUT2D eigenvalue weighted by molar-refractivity contribution is 5.71. The number of nitrogens with zero attached hydrogens (tertiary/aromatic N) is 4. The summed E-state index contributed by atoms with van der Waals surface area (Å²) in [6.45, 7) is 9.05. The van der Waals surface area contributed by atoms with E-state index in [0.29, 0.717) is 11.8 Å². The molecule has 0 bridgehead atoms. The van der Waals surface area contributed by atoms with Crippen molar-refractivity contribution in [1.82, 2.24) is 24.8 Å². The zero-order valence-electron chi connectivity index (χ0n) is 13.3. The van der Waals surface area contributed by atoms with Crippen LogP contribution in [0.5, 0.6) is 0 Å². The van der Waals surface area contributed by atoms with Crippen LogP contribution in [0.25, 0.3) is 11.2 Å². The first-order chi connectivity index (χ1) is 10.8. The molecule has 2 aromatic heterocycles. The van der Waals surface area contributed by atoms with E-state index in [2.05, 4.69) is 32.8 Å². The highest BCUT2D eigenvalue weighted by Gasteiger charge is 2.29. The fourth-order valence-corrected chi connectivity index (χ4v) is 3.93. The fourth-order valence-electron chi connectivity index (χ4n) is 3.93. The van der Waals surface area contributed by atoms with Crippen LogP contribution in [0.1, 0.15) is 31.5 Å². The van der Waals surface area contributed by atoms with Gasteiger partial charge in [-0.25, -0.2) is 9.97 Å². The van der Waals surface area contributed by atoms with Gasteiger partial charge in [0.2, 0.25) is 0 Å². The smallest absolute Gasteiger partial charge is 0.160 e. The third-order valence-corrected chi connectivity index (χ3v) is 5.22. The molecule has 0 spiro atoms. The highest BCUT2D eigenvalue weighted by Crippen LogP contribution is 2.29. The molecule has 4 rings (SSSR count). The molecule has 0 saturated carbocycles. The monoisotopic (exact) mass is 299 g/mol. The molecule has 22 heavy (non-hydrogen) atoms. The van der Waals surface area contributed by atoms with Crippen molar-refractivity contribution < 1.29 is 0 Å². The van der Waals surface area contributed by atoms with Gasteiger partial charge in [0.15, 0.2) is 5.65 Å². The Morgan fingerprint density at radius 1 is 1.36 bits per heavy atom. The van der Waals surface area contributed by atoms with Crippen molar-refractivity contribution >= 4 is 11.2 Å². The standard InChI is InChI=1S/C17H25N5/c1-2-21-9-6-14(12-21)16-20-15-4-3-7-19-17(15)22(16)11-13-5-8-18-10-13/h3-4,7,13-14,18H,2,5-6,8-12H2,1H3. The van der Waals surface area contributed by atoms with E-state index in [1.54, 1.807) is 0 Å². The van der Waals surface area contributed by atoms with Crippen LogP contribution in [0, 0.1) is 5.92 Å². The normalized spacial score (nSPS) is 26.2. The van der Waals surface area contributed by atoms with Crippen molar-refractivity contribution in [2.75, 3.05) is 32.7 Å².